The number of carbonyl (C=O) groups excluding carboxylic acids is 1. The van der Waals surface area contributed by atoms with Crippen LogP contribution >= 0.6 is 12.8 Å². The van der Waals surface area contributed by atoms with Crippen LogP contribution in [-0.2, 0) is 4.74 Å². The predicted octanol–water partition coefficient (Wildman–Crippen LogP) is 0.797. The molecule has 0 saturated carbocycles. The molecule has 0 saturated heterocycles. The molecule has 0 N–H and O–H groups in total. The smallest absolute Gasteiger partial charge is 0.420 e. The molecule has 0 rings (SSSR count). The first-order valence-corrected chi connectivity index (χ1v) is 2.04. The highest BCUT2D eigenvalue weighted by atomic mass is 32.1. The van der Waals surface area contributed by atoms with E-state index in [0.717, 1.165) is 4.31 Å². The van der Waals surface area contributed by atoms with E-state index in [9.17, 15) is 4.79 Å². The van der Waals surface area contributed by atoms with Crippen molar-refractivity contribution in [1.82, 2.24) is 4.31 Å². The SMILES string of the molecule is COC(=O)N(C)[S]. The Labute approximate surface area is 47.8 Å². The highest BCUT2D eigenvalue weighted by molar-refractivity contribution is 7.78. The van der Waals surface area contributed by atoms with Crippen LogP contribution in [0.2, 0.25) is 0 Å². The van der Waals surface area contributed by atoms with Gasteiger partial charge < -0.3 is 4.74 Å². The largest absolute Gasteiger partial charge is 0.452 e. The molecule has 3 nitrogen and oxygen atoms in total. The molecule has 0 aliphatic carbocycles. The molecule has 0 atom stereocenters. The number of methoxy groups -OCH3 is 1. The van der Waals surface area contributed by atoms with Gasteiger partial charge in [0.15, 0.2) is 0 Å². The lowest BCUT2D eigenvalue weighted by Gasteiger charge is -2.02. The maximum absolute atomic E-state index is 10.1. The number of rotatable bonds is 0. The number of hydrogen-bond acceptors (Lipinski definition) is 2. The molecule has 0 aromatic carbocycles. The molecule has 0 aromatic heterocycles. The van der Waals surface area contributed by atoms with Gasteiger partial charge >= 0.3 is 6.09 Å². The van der Waals surface area contributed by atoms with E-state index in [1.165, 1.54) is 14.2 Å². The molecule has 0 heterocycles. The van der Waals surface area contributed by atoms with Gasteiger partial charge in [0.1, 0.15) is 0 Å². The van der Waals surface area contributed by atoms with Crippen molar-refractivity contribution in [2.75, 3.05) is 14.2 Å². The normalized spacial score (nSPS) is 7.86. The minimum absolute atomic E-state index is 0.505. The molecule has 0 spiro atoms. The summed E-state index contributed by atoms with van der Waals surface area (Å²) in [6.45, 7) is 0. The molecule has 1 radical (unpaired) electrons. The van der Waals surface area contributed by atoms with E-state index in [2.05, 4.69) is 17.6 Å². The van der Waals surface area contributed by atoms with E-state index in [1.807, 2.05) is 0 Å². The van der Waals surface area contributed by atoms with Crippen LogP contribution in [0.3, 0.4) is 0 Å². The van der Waals surface area contributed by atoms with Crippen molar-refractivity contribution in [2.45, 2.75) is 0 Å². The number of hydrogen-bond donors (Lipinski definition) is 0. The Morgan fingerprint density at radius 3 is 2.29 bits per heavy atom. The van der Waals surface area contributed by atoms with Gasteiger partial charge in [-0.05, 0) is 0 Å². The van der Waals surface area contributed by atoms with Crippen LogP contribution in [0.25, 0.3) is 0 Å². The molecule has 0 fully saturated rings. The summed E-state index contributed by atoms with van der Waals surface area (Å²) < 4.78 is 5.14. The van der Waals surface area contributed by atoms with E-state index in [1.54, 1.807) is 0 Å². The van der Waals surface area contributed by atoms with Crippen molar-refractivity contribution in [3.05, 3.63) is 0 Å². The third kappa shape index (κ3) is 2.33. The van der Waals surface area contributed by atoms with Gasteiger partial charge in [-0.15, -0.1) is 0 Å². The molecule has 1 amide bonds. The van der Waals surface area contributed by atoms with E-state index in [0.29, 0.717) is 0 Å². The quantitative estimate of drug-likeness (QED) is 0.473. The maximum atomic E-state index is 10.1. The van der Waals surface area contributed by atoms with E-state index >= 15 is 0 Å². The molecular formula is C3H6NO2S. The molecular weight excluding hydrogens is 114 g/mol. The van der Waals surface area contributed by atoms with Crippen LogP contribution in [-0.4, -0.2) is 24.6 Å². The van der Waals surface area contributed by atoms with E-state index in [-0.39, 0.29) is 0 Å². The zero-order valence-corrected chi connectivity index (χ0v) is 4.99. The average Bonchev–Trinajstić information content (AvgIpc) is 1.65. The molecule has 0 aliphatic rings. The monoisotopic (exact) mass is 120 g/mol. The van der Waals surface area contributed by atoms with Crippen molar-refractivity contribution in [3.8, 4) is 0 Å². The van der Waals surface area contributed by atoms with Gasteiger partial charge in [0, 0.05) is 19.9 Å². The third-order valence-corrected chi connectivity index (χ3v) is 0.581. The van der Waals surface area contributed by atoms with Crippen LogP contribution in [0, 0.1) is 0 Å². The van der Waals surface area contributed by atoms with Gasteiger partial charge in [-0.1, -0.05) is 0 Å². The molecule has 0 bridgehead atoms. The summed E-state index contributed by atoms with van der Waals surface area (Å²) in [6.07, 6.45) is -0.505. The first kappa shape index (κ1) is 6.62. The van der Waals surface area contributed by atoms with Crippen LogP contribution in [0.4, 0.5) is 4.79 Å². The number of nitrogens with zero attached hydrogens (tertiary/aromatic N) is 1. The molecule has 41 valence electrons. The summed E-state index contributed by atoms with van der Waals surface area (Å²) in [4.78, 5) is 10.1. The Kier molecular flexibility index (Phi) is 2.59. The Balaban J connectivity index is 3.35. The third-order valence-electron chi connectivity index (χ3n) is 0.432. The molecule has 7 heavy (non-hydrogen) atoms. The summed E-state index contributed by atoms with van der Waals surface area (Å²) in [5.74, 6) is 0. The van der Waals surface area contributed by atoms with E-state index in [4.69, 9.17) is 0 Å². The van der Waals surface area contributed by atoms with E-state index < -0.39 is 6.09 Å². The molecule has 0 unspecified atom stereocenters. The summed E-state index contributed by atoms with van der Waals surface area (Å²) in [7, 11) is 2.73. The lowest BCUT2D eigenvalue weighted by atomic mass is 11.1. The topological polar surface area (TPSA) is 29.5 Å². The standard InChI is InChI=1S/C3H6NO2S/c1-4(7)3(5)6-2/h1-2H3. The van der Waals surface area contributed by atoms with Crippen LogP contribution in [0.1, 0.15) is 0 Å². The second-order valence-corrected chi connectivity index (χ2v) is 1.52. The lowest BCUT2D eigenvalue weighted by Crippen LogP contribution is -2.15. The van der Waals surface area contributed by atoms with Crippen LogP contribution in [0.15, 0.2) is 0 Å². The van der Waals surface area contributed by atoms with Gasteiger partial charge in [0.2, 0.25) is 0 Å². The zero-order chi connectivity index (χ0) is 5.86. The minimum Gasteiger partial charge on any atom is -0.452 e. The Morgan fingerprint density at radius 1 is 1.86 bits per heavy atom. The second-order valence-electron chi connectivity index (χ2n) is 0.967. The number of carbonyl (C=O) groups is 1. The van der Waals surface area contributed by atoms with Gasteiger partial charge in [0.05, 0.1) is 7.11 Å². The first-order valence-electron chi connectivity index (χ1n) is 1.67. The number of amides is 1. The van der Waals surface area contributed by atoms with Gasteiger partial charge in [0.25, 0.3) is 0 Å². The van der Waals surface area contributed by atoms with Gasteiger partial charge in [-0.2, -0.15) is 0 Å². The predicted molar refractivity (Wildman–Crippen MR) is 27.8 cm³/mol. The van der Waals surface area contributed by atoms with Gasteiger partial charge in [-0.3, -0.25) is 0 Å². The fourth-order valence-electron chi connectivity index (χ4n) is 0.129. The lowest BCUT2D eigenvalue weighted by molar-refractivity contribution is 0.157. The summed E-state index contributed by atoms with van der Waals surface area (Å²) in [6, 6.07) is 0. The zero-order valence-electron chi connectivity index (χ0n) is 4.17. The minimum atomic E-state index is -0.505. The summed E-state index contributed by atoms with van der Waals surface area (Å²) in [5.41, 5.74) is 0. The second kappa shape index (κ2) is 2.74. The van der Waals surface area contributed by atoms with Crippen LogP contribution < -0.4 is 0 Å². The summed E-state index contributed by atoms with van der Waals surface area (Å²) >= 11 is 4.36. The van der Waals surface area contributed by atoms with Crippen molar-refractivity contribution in [3.63, 3.8) is 0 Å². The van der Waals surface area contributed by atoms with Crippen molar-refractivity contribution < 1.29 is 9.53 Å². The first-order chi connectivity index (χ1) is 3.18. The Morgan fingerprint density at radius 2 is 2.29 bits per heavy atom. The Bertz CT molecular complexity index is 73.3. The Hall–Kier alpha value is -0.380. The van der Waals surface area contributed by atoms with Crippen molar-refractivity contribution >= 4 is 18.9 Å². The van der Waals surface area contributed by atoms with Crippen molar-refractivity contribution in [2.24, 2.45) is 0 Å². The molecule has 0 aromatic rings. The highest BCUT2D eigenvalue weighted by Gasteiger charge is 1.99. The highest BCUT2D eigenvalue weighted by Crippen LogP contribution is 1.88. The maximum Gasteiger partial charge on any atom is 0.420 e. The number of ether oxygens (including phenoxy) is 1. The fourth-order valence-corrected chi connectivity index (χ4v) is 0.203. The average molecular weight is 120 g/mol. The van der Waals surface area contributed by atoms with Gasteiger partial charge in [-0.25, -0.2) is 9.10 Å². The van der Waals surface area contributed by atoms with Crippen molar-refractivity contribution in [1.29, 1.82) is 0 Å². The molecule has 4 heteroatoms. The summed E-state index contributed by atoms with van der Waals surface area (Å²) in [5, 5.41) is 0. The van der Waals surface area contributed by atoms with Crippen LogP contribution in [0.5, 0.6) is 0 Å². The molecule has 0 aliphatic heterocycles. The fraction of sp³-hybridized carbons (Fsp3) is 0.667.